The molecule has 0 amide bonds. The summed E-state index contributed by atoms with van der Waals surface area (Å²) in [6, 6.07) is 2.93. The molecule has 2 aromatic rings. The summed E-state index contributed by atoms with van der Waals surface area (Å²) in [7, 11) is -0.741. The van der Waals surface area contributed by atoms with Gasteiger partial charge in [-0.15, -0.1) is 0 Å². The summed E-state index contributed by atoms with van der Waals surface area (Å²) in [6.07, 6.45) is 1.66. The van der Waals surface area contributed by atoms with Gasteiger partial charge in [-0.1, -0.05) is 0 Å². The van der Waals surface area contributed by atoms with E-state index in [1.54, 1.807) is 0 Å². The molecule has 0 atom stereocenters. The standard InChI is InChI=1S/C13H14BrN3O4S/c1-16-9-5-8(14)11(22(20,21)15-7-3-4-7)6-10(9)17(2)13(19)12(16)18/h5-7,15H,3-4H2,1-2H3. The summed E-state index contributed by atoms with van der Waals surface area (Å²) in [6.45, 7) is 0. The van der Waals surface area contributed by atoms with Crippen molar-refractivity contribution in [3.05, 3.63) is 37.3 Å². The Bertz CT molecular complexity index is 1000. The molecule has 1 aliphatic rings. The molecular weight excluding hydrogens is 374 g/mol. The zero-order valence-electron chi connectivity index (χ0n) is 12.0. The molecule has 0 radical (unpaired) electrons. The lowest BCUT2D eigenvalue weighted by Crippen LogP contribution is -2.39. The van der Waals surface area contributed by atoms with Crippen LogP contribution in [-0.4, -0.2) is 23.6 Å². The van der Waals surface area contributed by atoms with Crippen LogP contribution in [-0.2, 0) is 24.1 Å². The van der Waals surface area contributed by atoms with Crippen molar-refractivity contribution in [2.75, 3.05) is 0 Å². The minimum atomic E-state index is -3.67. The number of fused-ring (bicyclic) bond motifs is 1. The Morgan fingerprint density at radius 2 is 1.59 bits per heavy atom. The Kier molecular flexibility index (Phi) is 3.54. The molecule has 3 rings (SSSR count). The van der Waals surface area contributed by atoms with Crippen LogP contribution < -0.4 is 15.8 Å². The molecule has 0 bridgehead atoms. The van der Waals surface area contributed by atoms with Crippen LogP contribution in [0.25, 0.3) is 11.0 Å². The van der Waals surface area contributed by atoms with Gasteiger partial charge in [0, 0.05) is 24.6 Å². The highest BCUT2D eigenvalue weighted by atomic mass is 79.9. The number of nitrogens with one attached hydrogen (secondary N) is 1. The van der Waals surface area contributed by atoms with Gasteiger partial charge in [-0.2, -0.15) is 0 Å². The van der Waals surface area contributed by atoms with E-state index in [1.807, 2.05) is 0 Å². The van der Waals surface area contributed by atoms with E-state index in [-0.39, 0.29) is 10.9 Å². The molecular formula is C13H14BrN3O4S. The van der Waals surface area contributed by atoms with E-state index in [1.165, 1.54) is 35.4 Å². The van der Waals surface area contributed by atoms with Crippen molar-refractivity contribution in [2.45, 2.75) is 23.8 Å². The molecule has 1 saturated carbocycles. The van der Waals surface area contributed by atoms with Gasteiger partial charge in [-0.05, 0) is 40.9 Å². The highest BCUT2D eigenvalue weighted by Crippen LogP contribution is 2.29. The lowest BCUT2D eigenvalue weighted by atomic mass is 10.3. The van der Waals surface area contributed by atoms with Crippen molar-refractivity contribution >= 4 is 37.0 Å². The first-order valence-corrected chi connectivity index (χ1v) is 8.91. The second-order valence-corrected chi connectivity index (χ2v) is 7.93. The molecule has 7 nitrogen and oxygen atoms in total. The van der Waals surface area contributed by atoms with Gasteiger partial charge >= 0.3 is 11.1 Å². The van der Waals surface area contributed by atoms with Crippen molar-refractivity contribution < 1.29 is 8.42 Å². The Labute approximate surface area is 134 Å². The van der Waals surface area contributed by atoms with E-state index >= 15 is 0 Å². The average molecular weight is 388 g/mol. The predicted octanol–water partition coefficient (Wildman–Crippen LogP) is 0.440. The predicted molar refractivity (Wildman–Crippen MR) is 85.5 cm³/mol. The summed E-state index contributed by atoms with van der Waals surface area (Å²) in [5, 5.41) is 0. The zero-order chi connectivity index (χ0) is 16.2. The van der Waals surface area contributed by atoms with Crippen LogP contribution in [0, 0.1) is 0 Å². The van der Waals surface area contributed by atoms with E-state index < -0.39 is 21.1 Å². The smallest absolute Gasteiger partial charge is 0.305 e. The van der Waals surface area contributed by atoms with Crippen LogP contribution in [0.5, 0.6) is 0 Å². The Morgan fingerprint density at radius 1 is 1.09 bits per heavy atom. The largest absolute Gasteiger partial charge is 0.316 e. The molecule has 1 aromatic heterocycles. The molecule has 1 aliphatic carbocycles. The van der Waals surface area contributed by atoms with E-state index in [4.69, 9.17) is 0 Å². The topological polar surface area (TPSA) is 90.2 Å². The van der Waals surface area contributed by atoms with Crippen molar-refractivity contribution in [3.8, 4) is 0 Å². The molecule has 22 heavy (non-hydrogen) atoms. The second kappa shape index (κ2) is 5.04. The van der Waals surface area contributed by atoms with Crippen molar-refractivity contribution in [3.63, 3.8) is 0 Å². The molecule has 118 valence electrons. The molecule has 0 saturated heterocycles. The highest BCUT2D eigenvalue weighted by Gasteiger charge is 2.29. The Hall–Kier alpha value is -1.45. The monoisotopic (exact) mass is 387 g/mol. The first-order chi connectivity index (χ1) is 10.2. The molecule has 0 spiro atoms. The SMILES string of the molecule is Cn1c(=O)c(=O)n(C)c2cc(S(=O)(=O)NC3CC3)c(Br)cc21. The van der Waals surface area contributed by atoms with Gasteiger partial charge in [-0.25, -0.2) is 13.1 Å². The van der Waals surface area contributed by atoms with Crippen LogP contribution >= 0.6 is 15.9 Å². The van der Waals surface area contributed by atoms with Crippen LogP contribution in [0.2, 0.25) is 0 Å². The molecule has 1 N–H and O–H groups in total. The van der Waals surface area contributed by atoms with Crippen LogP contribution in [0.4, 0.5) is 0 Å². The number of benzene rings is 1. The first-order valence-electron chi connectivity index (χ1n) is 6.64. The summed E-state index contributed by atoms with van der Waals surface area (Å²) in [4.78, 5) is 23.8. The maximum atomic E-state index is 12.4. The molecule has 1 aromatic carbocycles. The first kappa shape index (κ1) is 15.4. The van der Waals surface area contributed by atoms with Crippen LogP contribution in [0.1, 0.15) is 12.8 Å². The highest BCUT2D eigenvalue weighted by molar-refractivity contribution is 9.10. The van der Waals surface area contributed by atoms with E-state index in [9.17, 15) is 18.0 Å². The summed E-state index contributed by atoms with van der Waals surface area (Å²) < 4.78 is 30.1. The summed E-state index contributed by atoms with van der Waals surface area (Å²) >= 11 is 3.24. The molecule has 0 aliphatic heterocycles. The molecule has 9 heteroatoms. The third-order valence-corrected chi connectivity index (χ3v) is 6.21. The van der Waals surface area contributed by atoms with Gasteiger partial charge in [0.05, 0.1) is 15.9 Å². The molecule has 1 fully saturated rings. The molecule has 1 heterocycles. The summed E-state index contributed by atoms with van der Waals surface area (Å²) in [5.74, 6) is 0. The number of aromatic nitrogens is 2. The van der Waals surface area contributed by atoms with Crippen LogP contribution in [0.15, 0.2) is 31.1 Å². The fraction of sp³-hybridized carbons (Fsp3) is 0.385. The van der Waals surface area contributed by atoms with Crippen LogP contribution in [0.3, 0.4) is 0 Å². The third-order valence-electron chi connectivity index (χ3n) is 3.73. The number of nitrogens with zero attached hydrogens (tertiary/aromatic N) is 2. The van der Waals surface area contributed by atoms with E-state index in [2.05, 4.69) is 20.7 Å². The maximum Gasteiger partial charge on any atom is 0.316 e. The number of hydrogen-bond acceptors (Lipinski definition) is 4. The fourth-order valence-corrected chi connectivity index (χ4v) is 4.62. The summed E-state index contributed by atoms with van der Waals surface area (Å²) in [5.41, 5.74) is -0.500. The van der Waals surface area contributed by atoms with Crippen molar-refractivity contribution in [2.24, 2.45) is 14.1 Å². The number of sulfonamides is 1. The van der Waals surface area contributed by atoms with Crippen molar-refractivity contribution in [1.29, 1.82) is 0 Å². The third kappa shape index (κ3) is 2.42. The zero-order valence-corrected chi connectivity index (χ0v) is 14.4. The van der Waals surface area contributed by atoms with Crippen molar-refractivity contribution in [1.82, 2.24) is 13.9 Å². The average Bonchev–Trinajstić information content (AvgIpc) is 3.25. The Morgan fingerprint density at radius 3 is 2.09 bits per heavy atom. The minimum absolute atomic E-state index is 0.0171. The lowest BCUT2D eigenvalue weighted by molar-refractivity contribution is 0.580. The van der Waals surface area contributed by atoms with E-state index in [0.29, 0.717) is 15.5 Å². The van der Waals surface area contributed by atoms with Gasteiger partial charge in [-0.3, -0.25) is 9.59 Å². The number of halogens is 1. The fourth-order valence-electron chi connectivity index (χ4n) is 2.27. The molecule has 0 unspecified atom stereocenters. The number of rotatable bonds is 3. The number of hydrogen-bond donors (Lipinski definition) is 1. The number of aryl methyl sites for hydroxylation is 2. The normalized spacial score (nSPS) is 15.4. The quantitative estimate of drug-likeness (QED) is 0.773. The van der Waals surface area contributed by atoms with Gasteiger partial charge in [0.15, 0.2) is 0 Å². The van der Waals surface area contributed by atoms with Gasteiger partial charge in [0.1, 0.15) is 0 Å². The van der Waals surface area contributed by atoms with Gasteiger partial charge in [0.25, 0.3) is 0 Å². The second-order valence-electron chi connectivity index (χ2n) is 5.40. The maximum absolute atomic E-state index is 12.4. The Balaban J connectivity index is 2.33. The van der Waals surface area contributed by atoms with Gasteiger partial charge < -0.3 is 9.13 Å². The minimum Gasteiger partial charge on any atom is -0.305 e. The van der Waals surface area contributed by atoms with E-state index in [0.717, 1.165) is 12.8 Å². The van der Waals surface area contributed by atoms with Gasteiger partial charge in [0.2, 0.25) is 10.0 Å². The lowest BCUT2D eigenvalue weighted by Gasteiger charge is -2.13.